The Balaban J connectivity index is 0.000000322. The number of amides is 3. The number of carboxylic acid groups (broad SMARTS) is 2. The van der Waals surface area contributed by atoms with Gasteiger partial charge in [0.15, 0.2) is 11.2 Å². The molecule has 12 heteroatoms. The number of urea groups is 1. The van der Waals surface area contributed by atoms with Crippen LogP contribution in [0.4, 0.5) is 4.79 Å². The average molecular weight is 775 g/mol. The lowest BCUT2D eigenvalue weighted by molar-refractivity contribution is -0.171. The van der Waals surface area contributed by atoms with Crippen molar-refractivity contribution < 1.29 is 48.4 Å². The van der Waals surface area contributed by atoms with Gasteiger partial charge in [-0.15, -0.1) is 0 Å². The number of hydrogen-bond acceptors (Lipinski definition) is 8. The first-order valence-corrected chi connectivity index (χ1v) is 18.9. The Hall–Kier alpha value is -5.39. The number of aliphatic carboxylic acids is 2. The van der Waals surface area contributed by atoms with Crippen LogP contribution in [0.3, 0.4) is 0 Å². The smallest absolute Gasteiger partial charge is 0.350 e. The third kappa shape index (κ3) is 13.4. The molecule has 0 aliphatic carbocycles. The lowest BCUT2D eigenvalue weighted by Gasteiger charge is -2.29. The van der Waals surface area contributed by atoms with Crippen LogP contribution in [0.5, 0.6) is 11.5 Å². The number of carbonyl (C=O) groups excluding carboxylic acids is 3. The fourth-order valence-corrected chi connectivity index (χ4v) is 5.76. The van der Waals surface area contributed by atoms with Gasteiger partial charge in [-0.3, -0.25) is 14.5 Å². The molecule has 3 amide bonds. The highest BCUT2D eigenvalue weighted by Crippen LogP contribution is 2.27. The zero-order chi connectivity index (χ0) is 42.1. The van der Waals surface area contributed by atoms with Crippen molar-refractivity contribution in [2.45, 2.75) is 137 Å². The molecular weight excluding hydrogens is 716 g/mol. The second kappa shape index (κ2) is 18.5. The van der Waals surface area contributed by atoms with Crippen molar-refractivity contribution in [1.82, 2.24) is 10.2 Å². The lowest BCUT2D eigenvalue weighted by atomic mass is 9.93. The zero-order valence-electron chi connectivity index (χ0n) is 34.4. The fraction of sp³-hybridized carbons (Fsp3) is 0.477. The number of imide groups is 1. The summed E-state index contributed by atoms with van der Waals surface area (Å²) in [6.45, 7) is 17.9. The number of aryl methyl sites for hydroxylation is 4. The molecule has 56 heavy (non-hydrogen) atoms. The second-order valence-electron chi connectivity index (χ2n) is 16.5. The summed E-state index contributed by atoms with van der Waals surface area (Å²) in [5.41, 5.74) is 1.43. The molecule has 1 fully saturated rings. The molecule has 3 N–H and O–H groups in total. The van der Waals surface area contributed by atoms with Crippen molar-refractivity contribution in [3.63, 3.8) is 0 Å². The molecule has 1 atom stereocenters. The number of hydrogen-bond donors (Lipinski definition) is 3. The van der Waals surface area contributed by atoms with E-state index in [9.17, 15) is 29.1 Å². The maximum atomic E-state index is 13.0. The maximum Gasteiger partial charge on any atom is 0.350 e. The summed E-state index contributed by atoms with van der Waals surface area (Å²) in [4.78, 5) is 60.7. The average Bonchev–Trinajstić information content (AvgIpc) is 3.29. The van der Waals surface area contributed by atoms with Gasteiger partial charge in [0.2, 0.25) is 0 Å². The number of nitrogens with zero attached hydrogens (tertiary/aromatic N) is 1. The SMILES string of the molecule is CC(C)(C)OC(=O)C(C)(C)Oc1ccc(CCCC(=O)O)cc1.Cc1ccc(CN2C(=O)NC(C)(CCCc3ccc(OC(C)(C)C(=O)O)cc3)C2=O)cc1C. The van der Waals surface area contributed by atoms with Gasteiger partial charge < -0.3 is 29.7 Å². The highest BCUT2D eigenvalue weighted by Gasteiger charge is 2.47. The Morgan fingerprint density at radius 1 is 0.714 bits per heavy atom. The van der Waals surface area contributed by atoms with E-state index < -0.39 is 40.2 Å². The van der Waals surface area contributed by atoms with E-state index >= 15 is 0 Å². The molecule has 4 rings (SSSR count). The van der Waals surface area contributed by atoms with Gasteiger partial charge in [0, 0.05) is 6.42 Å². The van der Waals surface area contributed by atoms with Crippen LogP contribution in [0.25, 0.3) is 0 Å². The summed E-state index contributed by atoms with van der Waals surface area (Å²) in [6.07, 6.45) is 3.40. The van der Waals surface area contributed by atoms with Crippen LogP contribution in [-0.2, 0) is 43.3 Å². The highest BCUT2D eigenvalue weighted by molar-refractivity contribution is 6.06. The van der Waals surface area contributed by atoms with Gasteiger partial charge >= 0.3 is 23.9 Å². The molecule has 1 heterocycles. The van der Waals surface area contributed by atoms with Crippen LogP contribution in [0, 0.1) is 13.8 Å². The highest BCUT2D eigenvalue weighted by atomic mass is 16.6. The molecule has 0 radical (unpaired) electrons. The molecule has 1 unspecified atom stereocenters. The first kappa shape index (κ1) is 45.0. The maximum absolute atomic E-state index is 13.0. The summed E-state index contributed by atoms with van der Waals surface area (Å²) < 4.78 is 16.6. The summed E-state index contributed by atoms with van der Waals surface area (Å²) in [6, 6.07) is 20.2. The first-order chi connectivity index (χ1) is 25.9. The molecule has 0 saturated carbocycles. The van der Waals surface area contributed by atoms with E-state index in [0.29, 0.717) is 37.2 Å². The molecule has 12 nitrogen and oxygen atoms in total. The van der Waals surface area contributed by atoms with Crippen LogP contribution < -0.4 is 14.8 Å². The summed E-state index contributed by atoms with van der Waals surface area (Å²) in [7, 11) is 0. The van der Waals surface area contributed by atoms with Gasteiger partial charge in [-0.25, -0.2) is 14.4 Å². The van der Waals surface area contributed by atoms with E-state index in [1.165, 1.54) is 24.3 Å². The predicted octanol–water partition coefficient (Wildman–Crippen LogP) is 7.97. The molecule has 1 saturated heterocycles. The topological polar surface area (TPSA) is 169 Å². The van der Waals surface area contributed by atoms with Gasteiger partial charge in [0.25, 0.3) is 5.91 Å². The summed E-state index contributed by atoms with van der Waals surface area (Å²) >= 11 is 0. The molecule has 1 aliphatic heterocycles. The van der Waals surface area contributed by atoms with E-state index in [0.717, 1.165) is 28.7 Å². The monoisotopic (exact) mass is 774 g/mol. The minimum absolute atomic E-state index is 0.157. The molecule has 0 bridgehead atoms. The van der Waals surface area contributed by atoms with Crippen molar-refractivity contribution >= 4 is 29.8 Å². The Bertz CT molecular complexity index is 1860. The number of carbonyl (C=O) groups is 5. The number of esters is 1. The molecular formula is C44H58N2O10. The summed E-state index contributed by atoms with van der Waals surface area (Å²) in [5.74, 6) is -1.39. The van der Waals surface area contributed by atoms with Crippen molar-refractivity contribution in [2.24, 2.45) is 0 Å². The van der Waals surface area contributed by atoms with E-state index in [4.69, 9.17) is 19.3 Å². The molecule has 1 aliphatic rings. The van der Waals surface area contributed by atoms with Gasteiger partial charge in [0.05, 0.1) is 6.54 Å². The minimum atomic E-state index is -1.31. The molecule has 304 valence electrons. The lowest BCUT2D eigenvalue weighted by Crippen LogP contribution is -2.43. The predicted molar refractivity (Wildman–Crippen MR) is 213 cm³/mol. The fourth-order valence-electron chi connectivity index (χ4n) is 5.76. The first-order valence-electron chi connectivity index (χ1n) is 18.9. The van der Waals surface area contributed by atoms with Crippen LogP contribution in [0.15, 0.2) is 66.7 Å². The molecule has 3 aromatic carbocycles. The Kier molecular flexibility index (Phi) is 14.9. The van der Waals surface area contributed by atoms with Crippen molar-refractivity contribution in [3.05, 3.63) is 94.5 Å². The normalized spacial score (nSPS) is 15.7. The van der Waals surface area contributed by atoms with Gasteiger partial charge in [0.1, 0.15) is 22.6 Å². The van der Waals surface area contributed by atoms with E-state index in [2.05, 4.69) is 5.32 Å². The number of nitrogens with one attached hydrogen (secondary N) is 1. The number of benzene rings is 3. The third-order valence-corrected chi connectivity index (χ3v) is 9.25. The van der Waals surface area contributed by atoms with E-state index in [1.807, 2.05) is 77.1 Å². The largest absolute Gasteiger partial charge is 0.481 e. The second-order valence-corrected chi connectivity index (χ2v) is 16.5. The van der Waals surface area contributed by atoms with E-state index in [-0.39, 0.29) is 24.9 Å². The van der Waals surface area contributed by atoms with Crippen LogP contribution >= 0.6 is 0 Å². The standard InChI is InChI=1S/C26H32N2O5.C18H26O5/c1-17-8-9-20(15-18(17)2)16-28-22(29)26(5,27-24(28)32)14-6-7-19-10-12-21(13-11-19)33-25(3,4)23(30)31;1-17(2,3)23-16(21)18(4,5)22-14-11-9-13(10-12-14)7-6-8-15(19)20/h8-13,15H,6-7,14,16H2,1-5H3,(H,27,32)(H,30,31);9-12H,6-8H2,1-5H3,(H,19,20). The van der Waals surface area contributed by atoms with Gasteiger partial charge in [-0.2, -0.15) is 0 Å². The van der Waals surface area contributed by atoms with Crippen molar-refractivity contribution in [1.29, 1.82) is 0 Å². The van der Waals surface area contributed by atoms with Crippen molar-refractivity contribution in [2.75, 3.05) is 0 Å². The third-order valence-electron chi connectivity index (χ3n) is 9.25. The van der Waals surface area contributed by atoms with Gasteiger partial charge in [-0.05, 0) is 153 Å². The van der Waals surface area contributed by atoms with Crippen molar-refractivity contribution in [3.8, 4) is 11.5 Å². The Labute approximate surface area is 330 Å². The zero-order valence-corrected chi connectivity index (χ0v) is 34.4. The minimum Gasteiger partial charge on any atom is -0.481 e. The summed E-state index contributed by atoms with van der Waals surface area (Å²) in [5, 5.41) is 20.7. The van der Waals surface area contributed by atoms with Crippen LogP contribution in [0.1, 0.15) is 109 Å². The Morgan fingerprint density at radius 2 is 1.21 bits per heavy atom. The number of rotatable bonds is 16. The van der Waals surface area contributed by atoms with Crippen LogP contribution in [0.2, 0.25) is 0 Å². The quantitative estimate of drug-likeness (QED) is 0.0959. The molecule has 0 spiro atoms. The Morgan fingerprint density at radius 3 is 1.70 bits per heavy atom. The number of ether oxygens (including phenoxy) is 3. The molecule has 0 aromatic heterocycles. The van der Waals surface area contributed by atoms with E-state index in [1.54, 1.807) is 45.0 Å². The van der Waals surface area contributed by atoms with Gasteiger partial charge in [-0.1, -0.05) is 42.5 Å². The molecule has 3 aromatic rings. The van der Waals surface area contributed by atoms with Crippen LogP contribution in [-0.4, -0.2) is 67.3 Å². The number of carboxylic acids is 2.